The van der Waals surface area contributed by atoms with Crippen molar-refractivity contribution < 1.29 is 13.5 Å². The topological polar surface area (TPSA) is 60.9 Å². The van der Waals surface area contributed by atoms with E-state index in [1.165, 1.54) is 0 Å². The molecule has 0 saturated carbocycles. The highest BCUT2D eigenvalue weighted by atomic mass is 32.2. The molecule has 0 aromatic carbocycles. The molecule has 0 spiro atoms. The van der Waals surface area contributed by atoms with Gasteiger partial charge >= 0.3 is 0 Å². The molecule has 1 rings (SSSR count). The van der Waals surface area contributed by atoms with Gasteiger partial charge in [-0.05, 0) is 38.6 Å². The molecule has 1 aromatic heterocycles. The van der Waals surface area contributed by atoms with Gasteiger partial charge in [0.2, 0.25) is 0 Å². The summed E-state index contributed by atoms with van der Waals surface area (Å²) in [5.41, 5.74) is 0.832. The number of aliphatic hydroxyl groups excluding tert-OH is 1. The maximum atomic E-state index is 12.8. The van der Waals surface area contributed by atoms with Crippen LogP contribution in [0.2, 0.25) is 0 Å². The predicted molar refractivity (Wildman–Crippen MR) is 87.1 cm³/mol. The first-order valence-corrected chi connectivity index (χ1v) is 9.29. The molecule has 0 bridgehead atoms. The van der Waals surface area contributed by atoms with Crippen LogP contribution in [0.3, 0.4) is 0 Å². The quantitative estimate of drug-likeness (QED) is 0.787. The first-order chi connectivity index (χ1) is 9.68. The number of thiophene rings is 1. The highest BCUT2D eigenvalue weighted by molar-refractivity contribution is 7.91. The molecule has 122 valence electrons. The van der Waals surface area contributed by atoms with Gasteiger partial charge in [0.25, 0.3) is 10.0 Å². The number of hydrogen-bond acceptors (Lipinski definition) is 5. The van der Waals surface area contributed by atoms with Crippen molar-refractivity contribution in [3.63, 3.8) is 0 Å². The van der Waals surface area contributed by atoms with Crippen molar-refractivity contribution in [2.45, 2.75) is 31.6 Å². The molecule has 0 saturated heterocycles. The van der Waals surface area contributed by atoms with Gasteiger partial charge in [0.05, 0.1) is 6.61 Å². The number of hydrogen-bond donors (Lipinski definition) is 1. The monoisotopic (exact) mass is 334 g/mol. The van der Waals surface area contributed by atoms with Gasteiger partial charge in [-0.2, -0.15) is 4.31 Å². The van der Waals surface area contributed by atoms with Gasteiger partial charge in [-0.3, -0.25) is 0 Å². The van der Waals surface area contributed by atoms with Crippen LogP contribution in [0.25, 0.3) is 0 Å². The van der Waals surface area contributed by atoms with E-state index in [-0.39, 0.29) is 12.5 Å². The van der Waals surface area contributed by atoms with Gasteiger partial charge in [0, 0.05) is 24.5 Å². The minimum Gasteiger partial charge on any atom is -0.391 e. The van der Waals surface area contributed by atoms with Gasteiger partial charge in [-0.15, -0.1) is 11.3 Å². The fourth-order valence-corrected chi connectivity index (χ4v) is 5.13. The number of likely N-dealkylation sites (N-methyl/N-ethyl adjacent to an activating group) is 1. The summed E-state index contributed by atoms with van der Waals surface area (Å²) in [6.45, 7) is 7.39. The molecular weight excluding hydrogens is 308 g/mol. The Morgan fingerprint density at radius 2 is 1.90 bits per heavy atom. The van der Waals surface area contributed by atoms with Crippen LogP contribution < -0.4 is 0 Å². The molecule has 0 aliphatic carbocycles. The van der Waals surface area contributed by atoms with Crippen molar-refractivity contribution in [3.05, 3.63) is 16.5 Å². The summed E-state index contributed by atoms with van der Waals surface area (Å²) in [5, 5.41) is 9.25. The molecule has 0 unspecified atom stereocenters. The summed E-state index contributed by atoms with van der Waals surface area (Å²) < 4.78 is 27.5. The fraction of sp³-hybridized carbons (Fsp3) is 0.714. The summed E-state index contributed by atoms with van der Waals surface area (Å²) >= 11 is 1.16. The van der Waals surface area contributed by atoms with E-state index in [0.29, 0.717) is 28.7 Å². The molecule has 0 atom stereocenters. The van der Waals surface area contributed by atoms with Crippen molar-refractivity contribution in [1.82, 2.24) is 9.21 Å². The minimum atomic E-state index is -3.49. The summed E-state index contributed by atoms with van der Waals surface area (Å²) in [7, 11) is 0.370. The van der Waals surface area contributed by atoms with Gasteiger partial charge in [-0.1, -0.05) is 13.8 Å². The van der Waals surface area contributed by atoms with Crippen molar-refractivity contribution in [3.8, 4) is 0 Å². The van der Waals surface area contributed by atoms with Gasteiger partial charge < -0.3 is 10.0 Å². The number of nitrogens with zero attached hydrogens (tertiary/aromatic N) is 2. The Hall–Kier alpha value is -0.470. The second kappa shape index (κ2) is 7.69. The Labute approximate surface area is 132 Å². The van der Waals surface area contributed by atoms with Crippen LogP contribution in [0.15, 0.2) is 10.3 Å². The number of sulfonamides is 1. The average Bonchev–Trinajstić information content (AvgIpc) is 2.75. The third kappa shape index (κ3) is 5.03. The first-order valence-electron chi connectivity index (χ1n) is 7.03. The zero-order chi connectivity index (χ0) is 16.2. The largest absolute Gasteiger partial charge is 0.391 e. The SMILES string of the molecule is Cc1cc(S(=O)(=O)N(CCN(C)C)CC(C)C)sc1CO. The maximum absolute atomic E-state index is 12.8. The van der Waals surface area contributed by atoms with Crippen LogP contribution in [0, 0.1) is 12.8 Å². The highest BCUT2D eigenvalue weighted by Crippen LogP contribution is 2.28. The average molecular weight is 335 g/mol. The van der Waals surface area contributed by atoms with Crippen LogP contribution in [0.4, 0.5) is 0 Å². The Morgan fingerprint density at radius 1 is 1.29 bits per heavy atom. The third-order valence-electron chi connectivity index (χ3n) is 3.10. The molecule has 7 heteroatoms. The lowest BCUT2D eigenvalue weighted by molar-refractivity contribution is 0.285. The van der Waals surface area contributed by atoms with Crippen molar-refractivity contribution >= 4 is 21.4 Å². The normalized spacial score (nSPS) is 12.8. The zero-order valence-corrected chi connectivity index (χ0v) is 15.1. The zero-order valence-electron chi connectivity index (χ0n) is 13.5. The van der Waals surface area contributed by atoms with Gasteiger partial charge in [-0.25, -0.2) is 8.42 Å². The Balaban J connectivity index is 3.06. The Bertz CT molecular complexity index is 551. The van der Waals surface area contributed by atoms with Crippen LogP contribution >= 0.6 is 11.3 Å². The summed E-state index contributed by atoms with van der Waals surface area (Å²) in [6, 6.07) is 1.66. The lowest BCUT2D eigenvalue weighted by Gasteiger charge is -2.24. The molecule has 21 heavy (non-hydrogen) atoms. The van der Waals surface area contributed by atoms with E-state index in [1.54, 1.807) is 10.4 Å². The second-order valence-corrected chi connectivity index (χ2v) is 9.19. The maximum Gasteiger partial charge on any atom is 0.252 e. The van der Waals surface area contributed by atoms with Crippen molar-refractivity contribution in [1.29, 1.82) is 0 Å². The standard InChI is InChI=1S/C14H26N2O3S2/c1-11(2)9-16(7-6-15(4)5)21(18,19)14-8-12(3)13(10-17)20-14/h8,11,17H,6-7,9-10H2,1-5H3. The molecule has 5 nitrogen and oxygen atoms in total. The Kier molecular flexibility index (Phi) is 6.80. The smallest absolute Gasteiger partial charge is 0.252 e. The van der Waals surface area contributed by atoms with E-state index in [0.717, 1.165) is 16.9 Å². The van der Waals surface area contributed by atoms with E-state index in [9.17, 15) is 13.5 Å². The van der Waals surface area contributed by atoms with Crippen molar-refractivity contribution in [2.24, 2.45) is 5.92 Å². The van der Waals surface area contributed by atoms with E-state index in [1.807, 2.05) is 39.8 Å². The molecule has 1 N–H and O–H groups in total. The summed E-state index contributed by atoms with van der Waals surface area (Å²) in [6.07, 6.45) is 0. The number of aryl methyl sites for hydroxylation is 1. The van der Waals surface area contributed by atoms with Crippen LogP contribution in [0.1, 0.15) is 24.3 Å². The van der Waals surface area contributed by atoms with Crippen LogP contribution in [-0.4, -0.2) is 56.5 Å². The highest BCUT2D eigenvalue weighted by Gasteiger charge is 2.27. The molecule has 0 fully saturated rings. The molecule has 1 heterocycles. The first kappa shape index (κ1) is 18.6. The van der Waals surface area contributed by atoms with E-state index in [2.05, 4.69) is 0 Å². The summed E-state index contributed by atoms with van der Waals surface area (Å²) in [5.74, 6) is 0.264. The van der Waals surface area contributed by atoms with Gasteiger partial charge in [0.15, 0.2) is 0 Å². The number of aliphatic hydroxyl groups is 1. The van der Waals surface area contributed by atoms with Crippen LogP contribution in [0.5, 0.6) is 0 Å². The Morgan fingerprint density at radius 3 is 2.33 bits per heavy atom. The molecule has 0 aliphatic rings. The molecular formula is C14H26N2O3S2. The molecule has 1 aromatic rings. The number of rotatable bonds is 8. The second-order valence-electron chi connectivity index (χ2n) is 5.89. The van der Waals surface area contributed by atoms with E-state index in [4.69, 9.17) is 0 Å². The molecule has 0 amide bonds. The lowest BCUT2D eigenvalue weighted by Crippen LogP contribution is -2.38. The van der Waals surface area contributed by atoms with E-state index >= 15 is 0 Å². The van der Waals surface area contributed by atoms with Crippen LogP contribution in [-0.2, 0) is 16.6 Å². The van der Waals surface area contributed by atoms with Crippen molar-refractivity contribution in [2.75, 3.05) is 33.7 Å². The summed E-state index contributed by atoms with van der Waals surface area (Å²) in [4.78, 5) is 2.69. The fourth-order valence-electron chi connectivity index (χ4n) is 1.93. The third-order valence-corrected chi connectivity index (χ3v) is 6.64. The minimum absolute atomic E-state index is 0.117. The lowest BCUT2D eigenvalue weighted by atomic mass is 10.2. The molecule has 0 radical (unpaired) electrons. The van der Waals surface area contributed by atoms with Gasteiger partial charge in [0.1, 0.15) is 4.21 Å². The molecule has 0 aliphatic heterocycles. The predicted octanol–water partition coefficient (Wildman–Crippen LogP) is 1.76. The van der Waals surface area contributed by atoms with E-state index < -0.39 is 10.0 Å².